The minimum absolute atomic E-state index is 0.138. The van der Waals surface area contributed by atoms with E-state index in [0.717, 1.165) is 31.6 Å². The molecule has 1 saturated heterocycles. The molecule has 0 saturated carbocycles. The van der Waals surface area contributed by atoms with Gasteiger partial charge in [-0.3, -0.25) is 4.98 Å². The van der Waals surface area contributed by atoms with Crippen molar-refractivity contribution in [3.8, 4) is 0 Å². The summed E-state index contributed by atoms with van der Waals surface area (Å²) in [4.78, 5) is 4.16. The Kier molecular flexibility index (Phi) is 5.52. The quantitative estimate of drug-likeness (QED) is 0.711. The van der Waals surface area contributed by atoms with Crippen molar-refractivity contribution in [1.29, 1.82) is 0 Å². The fourth-order valence-corrected chi connectivity index (χ4v) is 3.68. The monoisotopic (exact) mass is 327 g/mol. The molecule has 3 nitrogen and oxygen atoms in total. The molecule has 2 aliphatic rings. The van der Waals surface area contributed by atoms with Crippen molar-refractivity contribution in [3.63, 3.8) is 0 Å². The largest absolute Gasteiger partial charge is 0.348 e. The van der Waals surface area contributed by atoms with Crippen molar-refractivity contribution in [3.05, 3.63) is 53.4 Å². The van der Waals surface area contributed by atoms with Crippen LogP contribution < -0.4 is 0 Å². The molecule has 0 N–H and O–H groups in total. The highest BCUT2D eigenvalue weighted by Crippen LogP contribution is 2.46. The molecule has 1 aromatic heterocycles. The van der Waals surface area contributed by atoms with E-state index in [0.29, 0.717) is 5.92 Å². The summed E-state index contributed by atoms with van der Waals surface area (Å²) < 4.78 is 12.1. The lowest BCUT2D eigenvalue weighted by Gasteiger charge is -2.46. The third-order valence-corrected chi connectivity index (χ3v) is 5.43. The van der Waals surface area contributed by atoms with Gasteiger partial charge in [0.25, 0.3) is 0 Å². The van der Waals surface area contributed by atoms with Crippen LogP contribution in [0.3, 0.4) is 0 Å². The molecule has 1 aliphatic heterocycles. The highest BCUT2D eigenvalue weighted by atomic mass is 16.7. The molecule has 1 aromatic rings. The third-order valence-electron chi connectivity index (χ3n) is 5.43. The van der Waals surface area contributed by atoms with E-state index in [4.69, 9.17) is 9.47 Å². The minimum Gasteiger partial charge on any atom is -0.348 e. The predicted molar refractivity (Wildman–Crippen MR) is 96.5 cm³/mol. The molecule has 1 atom stereocenters. The van der Waals surface area contributed by atoms with Crippen LogP contribution in [0, 0.1) is 11.3 Å². The topological polar surface area (TPSA) is 31.4 Å². The second kappa shape index (κ2) is 7.62. The van der Waals surface area contributed by atoms with E-state index in [1.54, 1.807) is 11.8 Å². The average Bonchev–Trinajstić information content (AvgIpc) is 2.59. The van der Waals surface area contributed by atoms with Crippen LogP contribution in [0.25, 0.3) is 0 Å². The van der Waals surface area contributed by atoms with Gasteiger partial charge in [-0.2, -0.15) is 0 Å². The second-order valence-corrected chi connectivity index (χ2v) is 7.59. The molecular formula is C21H29NO2. The summed E-state index contributed by atoms with van der Waals surface area (Å²) in [7, 11) is 0. The maximum atomic E-state index is 6.07. The Labute approximate surface area is 145 Å². The molecule has 3 heteroatoms. The lowest BCUT2D eigenvalue weighted by molar-refractivity contribution is -0.245. The Morgan fingerprint density at radius 1 is 1.33 bits per heavy atom. The summed E-state index contributed by atoms with van der Waals surface area (Å²) in [5, 5.41) is 0. The van der Waals surface area contributed by atoms with Crippen molar-refractivity contribution in [2.45, 2.75) is 52.7 Å². The lowest BCUT2D eigenvalue weighted by Crippen LogP contribution is -2.44. The molecule has 1 aliphatic carbocycles. The number of pyridine rings is 1. The predicted octanol–water partition coefficient (Wildman–Crippen LogP) is 5.22. The molecule has 3 rings (SSSR count). The van der Waals surface area contributed by atoms with Gasteiger partial charge in [0.15, 0.2) is 6.29 Å². The van der Waals surface area contributed by atoms with Gasteiger partial charge in [0.2, 0.25) is 0 Å². The maximum absolute atomic E-state index is 6.07. The first-order valence-corrected chi connectivity index (χ1v) is 9.03. The Balaban J connectivity index is 1.58. The fraction of sp³-hybridized carbons (Fsp3) is 0.571. The molecule has 0 unspecified atom stereocenters. The van der Waals surface area contributed by atoms with E-state index < -0.39 is 0 Å². The number of rotatable bonds is 4. The van der Waals surface area contributed by atoms with E-state index in [9.17, 15) is 0 Å². The number of aromatic nitrogens is 1. The molecule has 130 valence electrons. The number of hydrogen-bond acceptors (Lipinski definition) is 3. The standard InChI is InChI=1S/C21H29NO2/c1-16(2)6-4-7-18-9-10-21(17(3)12-18)14-23-20(24-15-21)19-8-5-11-22-13-19/h5-6,8-9,11,13,17,20H,4,7,10,12,14-15H2,1-3H3/t17-,20?,21?/m0/s1. The van der Waals surface area contributed by atoms with Crippen molar-refractivity contribution < 1.29 is 9.47 Å². The Morgan fingerprint density at radius 2 is 2.12 bits per heavy atom. The second-order valence-electron chi connectivity index (χ2n) is 7.59. The van der Waals surface area contributed by atoms with Crippen molar-refractivity contribution in [2.24, 2.45) is 11.3 Å². The summed E-state index contributed by atoms with van der Waals surface area (Å²) in [5.41, 5.74) is 4.15. The van der Waals surface area contributed by atoms with Crippen LogP contribution in [-0.2, 0) is 9.47 Å². The summed E-state index contributed by atoms with van der Waals surface area (Å²) in [6.45, 7) is 8.23. The summed E-state index contributed by atoms with van der Waals surface area (Å²) in [6.07, 6.45) is 12.7. The zero-order chi connectivity index (χ0) is 17.0. The summed E-state index contributed by atoms with van der Waals surface area (Å²) in [6, 6.07) is 3.94. The van der Waals surface area contributed by atoms with Gasteiger partial charge in [0.1, 0.15) is 0 Å². The number of allylic oxidation sites excluding steroid dienone is 4. The highest BCUT2D eigenvalue weighted by Gasteiger charge is 2.43. The Morgan fingerprint density at radius 3 is 2.75 bits per heavy atom. The van der Waals surface area contributed by atoms with Gasteiger partial charge in [0.05, 0.1) is 13.2 Å². The van der Waals surface area contributed by atoms with Gasteiger partial charge in [-0.1, -0.05) is 36.3 Å². The van der Waals surface area contributed by atoms with Crippen LogP contribution in [0.5, 0.6) is 0 Å². The SMILES string of the molecule is CC(C)=CCCC1=CCC2(COC(c3cccnc3)OC2)[C@@H](C)C1. The first-order chi connectivity index (χ1) is 11.6. The van der Waals surface area contributed by atoms with Crippen LogP contribution >= 0.6 is 0 Å². The molecule has 1 spiro atoms. The maximum Gasteiger partial charge on any atom is 0.185 e. The first kappa shape index (κ1) is 17.4. The number of hydrogen-bond donors (Lipinski definition) is 0. The molecule has 0 radical (unpaired) electrons. The van der Waals surface area contributed by atoms with Gasteiger partial charge in [-0.25, -0.2) is 0 Å². The Bertz CT molecular complexity index is 594. The molecule has 0 amide bonds. The Hall–Kier alpha value is -1.45. The van der Waals surface area contributed by atoms with E-state index in [-0.39, 0.29) is 11.7 Å². The van der Waals surface area contributed by atoms with Crippen LogP contribution in [0.2, 0.25) is 0 Å². The lowest BCUT2D eigenvalue weighted by atomic mass is 9.67. The van der Waals surface area contributed by atoms with Crippen LogP contribution in [0.1, 0.15) is 58.3 Å². The van der Waals surface area contributed by atoms with Gasteiger partial charge in [0, 0.05) is 23.4 Å². The highest BCUT2D eigenvalue weighted by molar-refractivity contribution is 5.15. The molecule has 24 heavy (non-hydrogen) atoms. The fourth-order valence-electron chi connectivity index (χ4n) is 3.68. The summed E-state index contributed by atoms with van der Waals surface area (Å²) in [5.74, 6) is 0.596. The van der Waals surface area contributed by atoms with Crippen LogP contribution in [0.4, 0.5) is 0 Å². The molecule has 2 heterocycles. The zero-order valence-electron chi connectivity index (χ0n) is 15.1. The van der Waals surface area contributed by atoms with Gasteiger partial charge < -0.3 is 9.47 Å². The van der Waals surface area contributed by atoms with Crippen molar-refractivity contribution >= 4 is 0 Å². The van der Waals surface area contributed by atoms with Gasteiger partial charge in [-0.15, -0.1) is 0 Å². The van der Waals surface area contributed by atoms with E-state index in [1.165, 1.54) is 18.4 Å². The average molecular weight is 327 g/mol. The van der Waals surface area contributed by atoms with Crippen molar-refractivity contribution in [1.82, 2.24) is 4.98 Å². The van der Waals surface area contributed by atoms with Gasteiger partial charge >= 0.3 is 0 Å². The number of ether oxygens (including phenoxy) is 2. The van der Waals surface area contributed by atoms with Crippen LogP contribution in [-0.4, -0.2) is 18.2 Å². The molecule has 1 fully saturated rings. The zero-order valence-corrected chi connectivity index (χ0v) is 15.1. The van der Waals surface area contributed by atoms with E-state index >= 15 is 0 Å². The normalized spacial score (nSPS) is 30.0. The first-order valence-electron chi connectivity index (χ1n) is 9.03. The smallest absolute Gasteiger partial charge is 0.185 e. The van der Waals surface area contributed by atoms with E-state index in [1.807, 2.05) is 18.3 Å². The van der Waals surface area contributed by atoms with E-state index in [2.05, 4.69) is 37.9 Å². The summed E-state index contributed by atoms with van der Waals surface area (Å²) >= 11 is 0. The molecule has 0 bridgehead atoms. The molecule has 0 aromatic carbocycles. The molecular weight excluding hydrogens is 298 g/mol. The van der Waals surface area contributed by atoms with Crippen LogP contribution in [0.15, 0.2) is 47.8 Å². The number of nitrogens with zero attached hydrogens (tertiary/aromatic N) is 1. The van der Waals surface area contributed by atoms with Gasteiger partial charge in [-0.05, 0) is 51.5 Å². The van der Waals surface area contributed by atoms with Crippen molar-refractivity contribution in [2.75, 3.05) is 13.2 Å². The third kappa shape index (κ3) is 3.96. The minimum atomic E-state index is -0.264.